The molecule has 0 aromatic rings. The Kier molecular flexibility index (Phi) is 6.77. The van der Waals surface area contributed by atoms with Gasteiger partial charge in [-0.1, -0.05) is 39.0 Å². The maximum Gasteiger partial charge on any atom is 0.103 e. The molecule has 22 heavy (non-hydrogen) atoms. The molecule has 2 aliphatic rings. The summed E-state index contributed by atoms with van der Waals surface area (Å²) >= 11 is 0. The zero-order valence-electron chi connectivity index (χ0n) is 15.6. The van der Waals surface area contributed by atoms with Crippen LogP contribution in [0.25, 0.3) is 0 Å². The standard InChI is InChI=1S/C20H38N2/c1-15(2)21-20-19-12-7-6-9-17(5)10-8-11-18(19)13-14-22(20)16(3)4/h15-19H,6-14H2,1-5H3. The van der Waals surface area contributed by atoms with Crippen LogP contribution in [-0.4, -0.2) is 29.4 Å². The summed E-state index contributed by atoms with van der Waals surface area (Å²) < 4.78 is 0. The lowest BCUT2D eigenvalue weighted by atomic mass is 9.76. The summed E-state index contributed by atoms with van der Waals surface area (Å²) in [6.07, 6.45) is 11.3. The van der Waals surface area contributed by atoms with Crippen LogP contribution >= 0.6 is 0 Å². The summed E-state index contributed by atoms with van der Waals surface area (Å²) in [6.45, 7) is 12.8. The second-order valence-electron chi connectivity index (χ2n) is 8.34. The van der Waals surface area contributed by atoms with E-state index in [4.69, 9.17) is 4.99 Å². The zero-order chi connectivity index (χ0) is 16.1. The van der Waals surface area contributed by atoms with Gasteiger partial charge in [-0.15, -0.1) is 0 Å². The monoisotopic (exact) mass is 306 g/mol. The lowest BCUT2D eigenvalue weighted by Crippen LogP contribution is -2.49. The first kappa shape index (κ1) is 17.8. The van der Waals surface area contributed by atoms with Gasteiger partial charge in [-0.05, 0) is 58.8 Å². The minimum atomic E-state index is 0.422. The Morgan fingerprint density at radius 2 is 1.59 bits per heavy atom. The molecular formula is C20H38N2. The Hall–Kier alpha value is -0.530. The molecule has 0 aromatic carbocycles. The van der Waals surface area contributed by atoms with E-state index in [-0.39, 0.29) is 0 Å². The van der Waals surface area contributed by atoms with Crippen LogP contribution in [-0.2, 0) is 0 Å². The first-order chi connectivity index (χ1) is 10.5. The molecule has 0 amide bonds. The van der Waals surface area contributed by atoms with Gasteiger partial charge in [0, 0.05) is 24.5 Å². The number of rotatable bonds is 2. The molecule has 1 heterocycles. The number of likely N-dealkylation sites (tertiary alicyclic amines) is 1. The van der Waals surface area contributed by atoms with Crippen LogP contribution in [0, 0.1) is 17.8 Å². The third-order valence-electron chi connectivity index (χ3n) is 5.68. The van der Waals surface area contributed by atoms with E-state index in [0.29, 0.717) is 12.1 Å². The number of fused-ring (bicyclic) bond motifs is 1. The molecule has 2 fully saturated rings. The molecule has 3 atom stereocenters. The highest BCUT2D eigenvalue weighted by molar-refractivity contribution is 5.86. The average molecular weight is 307 g/mol. The smallest absolute Gasteiger partial charge is 0.103 e. The molecular weight excluding hydrogens is 268 g/mol. The average Bonchev–Trinajstić information content (AvgIpc) is 2.44. The molecule has 1 aliphatic carbocycles. The molecule has 1 saturated heterocycles. The van der Waals surface area contributed by atoms with Gasteiger partial charge in [0.15, 0.2) is 0 Å². The minimum absolute atomic E-state index is 0.422. The Morgan fingerprint density at radius 3 is 2.27 bits per heavy atom. The molecule has 128 valence electrons. The van der Waals surface area contributed by atoms with E-state index in [1.807, 2.05) is 0 Å². The number of piperidine rings is 1. The van der Waals surface area contributed by atoms with E-state index >= 15 is 0 Å². The third kappa shape index (κ3) is 4.73. The number of nitrogens with zero attached hydrogens (tertiary/aromatic N) is 2. The highest BCUT2D eigenvalue weighted by Crippen LogP contribution is 2.36. The summed E-state index contributed by atoms with van der Waals surface area (Å²) in [7, 11) is 0. The Labute approximate surface area is 138 Å². The molecule has 2 heteroatoms. The van der Waals surface area contributed by atoms with Gasteiger partial charge in [-0.2, -0.15) is 0 Å². The highest BCUT2D eigenvalue weighted by Gasteiger charge is 2.35. The van der Waals surface area contributed by atoms with E-state index in [1.54, 1.807) is 0 Å². The molecule has 2 rings (SSSR count). The predicted octanol–water partition coefficient (Wildman–Crippen LogP) is 5.52. The van der Waals surface area contributed by atoms with Crippen LogP contribution in [0.2, 0.25) is 0 Å². The minimum Gasteiger partial charge on any atom is -0.358 e. The quantitative estimate of drug-likeness (QED) is 0.656. The summed E-state index contributed by atoms with van der Waals surface area (Å²) in [5.41, 5.74) is 0. The van der Waals surface area contributed by atoms with Gasteiger partial charge in [0.05, 0.1) is 0 Å². The van der Waals surface area contributed by atoms with Crippen molar-refractivity contribution in [2.45, 2.75) is 98.1 Å². The van der Waals surface area contributed by atoms with E-state index in [1.165, 1.54) is 63.7 Å². The number of amidine groups is 1. The van der Waals surface area contributed by atoms with E-state index < -0.39 is 0 Å². The van der Waals surface area contributed by atoms with Crippen molar-refractivity contribution in [3.63, 3.8) is 0 Å². The van der Waals surface area contributed by atoms with Gasteiger partial charge in [0.25, 0.3) is 0 Å². The molecule has 0 spiro atoms. The predicted molar refractivity (Wildman–Crippen MR) is 97.5 cm³/mol. The maximum atomic E-state index is 5.11. The first-order valence-electron chi connectivity index (χ1n) is 9.83. The summed E-state index contributed by atoms with van der Waals surface area (Å²) in [5.74, 6) is 4.01. The fourth-order valence-corrected chi connectivity index (χ4v) is 4.44. The Morgan fingerprint density at radius 1 is 0.909 bits per heavy atom. The molecule has 0 radical (unpaired) electrons. The van der Waals surface area contributed by atoms with Crippen LogP contribution in [0.15, 0.2) is 4.99 Å². The molecule has 0 bridgehead atoms. The molecule has 2 nitrogen and oxygen atoms in total. The van der Waals surface area contributed by atoms with Gasteiger partial charge < -0.3 is 4.90 Å². The number of aliphatic imine (C=N–C) groups is 1. The van der Waals surface area contributed by atoms with Gasteiger partial charge in [0.2, 0.25) is 0 Å². The molecule has 3 unspecified atom stereocenters. The Bertz CT molecular complexity index is 357. The van der Waals surface area contributed by atoms with Crippen molar-refractivity contribution < 1.29 is 0 Å². The molecule has 1 aliphatic heterocycles. The van der Waals surface area contributed by atoms with E-state index in [2.05, 4.69) is 39.5 Å². The van der Waals surface area contributed by atoms with E-state index in [9.17, 15) is 0 Å². The van der Waals surface area contributed by atoms with Crippen LogP contribution in [0.4, 0.5) is 0 Å². The topological polar surface area (TPSA) is 15.6 Å². The second-order valence-corrected chi connectivity index (χ2v) is 8.34. The second kappa shape index (κ2) is 8.36. The highest BCUT2D eigenvalue weighted by atomic mass is 15.2. The lowest BCUT2D eigenvalue weighted by molar-refractivity contribution is 0.196. The molecule has 0 N–H and O–H groups in total. The normalized spacial score (nSPS) is 33.3. The van der Waals surface area contributed by atoms with Crippen LogP contribution in [0.1, 0.15) is 86.0 Å². The number of hydrogen-bond donors (Lipinski definition) is 0. The van der Waals surface area contributed by atoms with Crippen molar-refractivity contribution >= 4 is 5.84 Å². The largest absolute Gasteiger partial charge is 0.358 e. The third-order valence-corrected chi connectivity index (χ3v) is 5.68. The van der Waals surface area contributed by atoms with Crippen molar-refractivity contribution in [2.24, 2.45) is 22.7 Å². The summed E-state index contributed by atoms with van der Waals surface area (Å²) in [5, 5.41) is 0. The summed E-state index contributed by atoms with van der Waals surface area (Å²) in [6, 6.07) is 1.01. The van der Waals surface area contributed by atoms with Crippen molar-refractivity contribution in [3.05, 3.63) is 0 Å². The number of hydrogen-bond acceptors (Lipinski definition) is 1. The van der Waals surface area contributed by atoms with Gasteiger partial charge in [-0.25, -0.2) is 0 Å². The summed E-state index contributed by atoms with van der Waals surface area (Å²) in [4.78, 5) is 7.71. The van der Waals surface area contributed by atoms with Crippen LogP contribution < -0.4 is 0 Å². The fraction of sp³-hybridized carbons (Fsp3) is 0.950. The SMILES string of the molecule is CC1CCCCC2C(=NC(C)C)N(C(C)C)CCC2CCC1. The van der Waals surface area contributed by atoms with Gasteiger partial charge in [0.1, 0.15) is 5.84 Å². The fourth-order valence-electron chi connectivity index (χ4n) is 4.44. The lowest BCUT2D eigenvalue weighted by Gasteiger charge is -2.44. The van der Waals surface area contributed by atoms with Crippen molar-refractivity contribution in [1.29, 1.82) is 0 Å². The van der Waals surface area contributed by atoms with Crippen LogP contribution in [0.5, 0.6) is 0 Å². The van der Waals surface area contributed by atoms with Gasteiger partial charge in [-0.3, -0.25) is 4.99 Å². The van der Waals surface area contributed by atoms with Gasteiger partial charge >= 0.3 is 0 Å². The van der Waals surface area contributed by atoms with Crippen molar-refractivity contribution in [3.8, 4) is 0 Å². The zero-order valence-corrected chi connectivity index (χ0v) is 15.6. The van der Waals surface area contributed by atoms with Crippen LogP contribution in [0.3, 0.4) is 0 Å². The molecule has 1 saturated carbocycles. The van der Waals surface area contributed by atoms with Crippen molar-refractivity contribution in [2.75, 3.05) is 6.54 Å². The first-order valence-corrected chi connectivity index (χ1v) is 9.83. The Balaban J connectivity index is 2.17. The molecule has 0 aromatic heterocycles. The maximum absolute atomic E-state index is 5.11. The van der Waals surface area contributed by atoms with E-state index in [0.717, 1.165) is 17.8 Å². The van der Waals surface area contributed by atoms with Crippen molar-refractivity contribution in [1.82, 2.24) is 4.90 Å².